The predicted octanol–water partition coefficient (Wildman–Crippen LogP) is 4.92. The molecule has 7 heteroatoms. The summed E-state index contributed by atoms with van der Waals surface area (Å²) >= 11 is 3.45. The molecule has 0 atom stereocenters. The van der Waals surface area contributed by atoms with Gasteiger partial charge < -0.3 is 5.32 Å². The topological polar surface area (TPSA) is 83.6 Å². The Morgan fingerprint density at radius 3 is 2.56 bits per heavy atom. The number of nitrogens with one attached hydrogen (secondary N) is 1. The molecule has 6 nitrogen and oxygen atoms in total. The third-order valence-electron chi connectivity index (χ3n) is 4.72. The van der Waals surface area contributed by atoms with E-state index in [9.17, 15) is 10.1 Å². The van der Waals surface area contributed by atoms with Crippen molar-refractivity contribution in [3.05, 3.63) is 106 Å². The van der Waals surface area contributed by atoms with Crippen molar-refractivity contribution in [1.82, 2.24) is 20.1 Å². The van der Waals surface area contributed by atoms with Gasteiger partial charge in [0, 0.05) is 40.7 Å². The molecule has 2 heterocycles. The lowest BCUT2D eigenvalue weighted by Crippen LogP contribution is -2.24. The standard InChI is InChI=1S/C25H18BrN5O/c26-22-10-8-19(9-11-22)24-21(17-31(30-24)23-6-2-1-3-7-23)13-20(14-27)25(32)29-16-18-5-4-12-28-15-18/h1-13,15,17H,16H2,(H,29,32)/b20-13+. The first kappa shape index (κ1) is 21.2. The van der Waals surface area contributed by atoms with Gasteiger partial charge in [-0.25, -0.2) is 4.68 Å². The number of carbonyl (C=O) groups is 1. The van der Waals surface area contributed by atoms with Crippen molar-refractivity contribution >= 4 is 27.9 Å². The number of hydrogen-bond acceptors (Lipinski definition) is 4. The molecule has 4 rings (SSSR count). The number of para-hydroxylation sites is 1. The van der Waals surface area contributed by atoms with Gasteiger partial charge in [0.2, 0.25) is 0 Å². The predicted molar refractivity (Wildman–Crippen MR) is 126 cm³/mol. The van der Waals surface area contributed by atoms with Gasteiger partial charge in [0.25, 0.3) is 5.91 Å². The molecular weight excluding hydrogens is 466 g/mol. The van der Waals surface area contributed by atoms with Crippen LogP contribution in [0.3, 0.4) is 0 Å². The summed E-state index contributed by atoms with van der Waals surface area (Å²) in [6.45, 7) is 0.286. The summed E-state index contributed by atoms with van der Waals surface area (Å²) < 4.78 is 2.69. The zero-order valence-electron chi connectivity index (χ0n) is 16.9. The fourth-order valence-electron chi connectivity index (χ4n) is 3.12. The third-order valence-corrected chi connectivity index (χ3v) is 5.25. The van der Waals surface area contributed by atoms with Gasteiger partial charge in [-0.1, -0.05) is 52.3 Å². The Morgan fingerprint density at radius 1 is 1.09 bits per heavy atom. The van der Waals surface area contributed by atoms with Crippen LogP contribution in [0.1, 0.15) is 11.1 Å². The van der Waals surface area contributed by atoms with Gasteiger partial charge in [-0.2, -0.15) is 10.4 Å². The highest BCUT2D eigenvalue weighted by molar-refractivity contribution is 9.10. The monoisotopic (exact) mass is 483 g/mol. The van der Waals surface area contributed by atoms with Gasteiger partial charge in [-0.3, -0.25) is 9.78 Å². The van der Waals surface area contributed by atoms with Gasteiger partial charge in [-0.05, 0) is 42.0 Å². The van der Waals surface area contributed by atoms with Crippen molar-refractivity contribution in [1.29, 1.82) is 5.26 Å². The first-order valence-electron chi connectivity index (χ1n) is 9.84. The van der Waals surface area contributed by atoms with Crippen molar-refractivity contribution in [2.45, 2.75) is 6.54 Å². The number of benzene rings is 2. The van der Waals surface area contributed by atoms with Crippen LogP contribution in [-0.2, 0) is 11.3 Å². The summed E-state index contributed by atoms with van der Waals surface area (Å²) in [5.74, 6) is -0.453. The second-order valence-corrected chi connectivity index (χ2v) is 7.85. The van der Waals surface area contributed by atoms with Gasteiger partial charge in [-0.15, -0.1) is 0 Å². The van der Waals surface area contributed by atoms with E-state index in [4.69, 9.17) is 5.10 Å². The number of aromatic nitrogens is 3. The number of nitriles is 1. The van der Waals surface area contributed by atoms with E-state index in [1.807, 2.05) is 72.9 Å². The maximum Gasteiger partial charge on any atom is 0.262 e. The Balaban J connectivity index is 1.69. The maximum atomic E-state index is 12.7. The molecule has 1 N–H and O–H groups in total. The van der Waals surface area contributed by atoms with Crippen molar-refractivity contribution in [3.8, 4) is 23.0 Å². The average Bonchev–Trinajstić information content (AvgIpc) is 3.26. The van der Waals surface area contributed by atoms with Crippen LogP contribution in [0.4, 0.5) is 0 Å². The van der Waals surface area contributed by atoms with Crippen LogP contribution in [0.15, 0.2) is 95.4 Å². The summed E-state index contributed by atoms with van der Waals surface area (Å²) in [4.78, 5) is 16.7. The zero-order valence-corrected chi connectivity index (χ0v) is 18.5. The van der Waals surface area contributed by atoms with Gasteiger partial charge in [0.05, 0.1) is 11.4 Å². The lowest BCUT2D eigenvalue weighted by Gasteiger charge is -2.04. The smallest absolute Gasteiger partial charge is 0.262 e. The summed E-state index contributed by atoms with van der Waals surface area (Å²) in [5, 5.41) is 17.2. The molecule has 2 aromatic heterocycles. The minimum absolute atomic E-state index is 0.000126. The SMILES string of the molecule is N#C/C(=C\c1cn(-c2ccccc2)nc1-c1ccc(Br)cc1)C(=O)NCc1cccnc1. The molecular formula is C25H18BrN5O. The molecule has 0 bridgehead atoms. The number of nitrogens with zero attached hydrogens (tertiary/aromatic N) is 4. The van der Waals surface area contributed by atoms with Gasteiger partial charge >= 0.3 is 0 Å². The average molecular weight is 484 g/mol. The van der Waals surface area contributed by atoms with E-state index in [0.29, 0.717) is 11.3 Å². The highest BCUT2D eigenvalue weighted by Gasteiger charge is 2.15. The van der Waals surface area contributed by atoms with Gasteiger partial charge in [0.1, 0.15) is 11.6 Å². The van der Waals surface area contributed by atoms with E-state index in [-0.39, 0.29) is 12.1 Å². The first-order chi connectivity index (χ1) is 15.6. The van der Waals surface area contributed by atoms with Crippen LogP contribution in [0.25, 0.3) is 23.0 Å². The number of hydrogen-bond donors (Lipinski definition) is 1. The number of rotatable bonds is 6. The van der Waals surface area contributed by atoms with E-state index in [2.05, 4.69) is 26.2 Å². The molecule has 0 fully saturated rings. The minimum atomic E-state index is -0.453. The number of amides is 1. The van der Waals surface area contributed by atoms with E-state index < -0.39 is 5.91 Å². The van der Waals surface area contributed by atoms with Crippen molar-refractivity contribution < 1.29 is 4.79 Å². The molecule has 1 amide bonds. The molecule has 0 spiro atoms. The van der Waals surface area contributed by atoms with E-state index >= 15 is 0 Å². The lowest BCUT2D eigenvalue weighted by molar-refractivity contribution is -0.117. The van der Waals surface area contributed by atoms with Crippen LogP contribution in [0.2, 0.25) is 0 Å². The van der Waals surface area contributed by atoms with Crippen molar-refractivity contribution in [2.24, 2.45) is 0 Å². The zero-order chi connectivity index (χ0) is 22.3. The van der Waals surface area contributed by atoms with E-state index in [1.165, 1.54) is 0 Å². The number of pyridine rings is 1. The summed E-state index contributed by atoms with van der Waals surface area (Å²) in [6, 6.07) is 23.1. The summed E-state index contributed by atoms with van der Waals surface area (Å²) in [5.41, 5.74) is 3.95. The van der Waals surface area contributed by atoms with Crippen LogP contribution in [-0.4, -0.2) is 20.7 Å². The van der Waals surface area contributed by atoms with Crippen LogP contribution < -0.4 is 5.32 Å². The normalized spacial score (nSPS) is 11.1. The largest absolute Gasteiger partial charge is 0.347 e. The lowest BCUT2D eigenvalue weighted by atomic mass is 10.1. The Bertz CT molecular complexity index is 1290. The molecule has 0 radical (unpaired) electrons. The molecule has 0 aliphatic rings. The Labute approximate surface area is 194 Å². The fourth-order valence-corrected chi connectivity index (χ4v) is 3.39. The third kappa shape index (κ3) is 4.99. The maximum absolute atomic E-state index is 12.7. The van der Waals surface area contributed by atoms with E-state index in [0.717, 1.165) is 21.3 Å². The summed E-state index contributed by atoms with van der Waals surface area (Å²) in [7, 11) is 0. The quantitative estimate of drug-likeness (QED) is 0.311. The van der Waals surface area contributed by atoms with Crippen molar-refractivity contribution in [3.63, 3.8) is 0 Å². The number of halogens is 1. The first-order valence-corrected chi connectivity index (χ1v) is 10.6. The molecule has 32 heavy (non-hydrogen) atoms. The molecule has 0 saturated heterocycles. The fraction of sp³-hybridized carbons (Fsp3) is 0.0400. The molecule has 4 aromatic rings. The summed E-state index contributed by atoms with van der Waals surface area (Å²) in [6.07, 6.45) is 6.73. The molecule has 0 unspecified atom stereocenters. The molecule has 156 valence electrons. The highest BCUT2D eigenvalue weighted by Crippen LogP contribution is 2.27. The Hall–Kier alpha value is -4.02. The molecule has 0 aliphatic heterocycles. The second-order valence-electron chi connectivity index (χ2n) is 6.93. The van der Waals surface area contributed by atoms with Crippen molar-refractivity contribution in [2.75, 3.05) is 0 Å². The second kappa shape index (κ2) is 9.86. The minimum Gasteiger partial charge on any atom is -0.347 e. The number of carbonyl (C=O) groups excluding carboxylic acids is 1. The van der Waals surface area contributed by atoms with Gasteiger partial charge in [0.15, 0.2) is 0 Å². The molecule has 0 aliphatic carbocycles. The molecule has 2 aromatic carbocycles. The van der Waals surface area contributed by atoms with E-state index in [1.54, 1.807) is 29.2 Å². The Morgan fingerprint density at radius 2 is 1.88 bits per heavy atom. The van der Waals surface area contributed by atoms with Crippen LogP contribution in [0, 0.1) is 11.3 Å². The molecule has 0 saturated carbocycles. The Kier molecular flexibility index (Phi) is 6.54. The van der Waals surface area contributed by atoms with Crippen LogP contribution in [0.5, 0.6) is 0 Å². The highest BCUT2D eigenvalue weighted by atomic mass is 79.9. The van der Waals surface area contributed by atoms with Crippen LogP contribution >= 0.6 is 15.9 Å².